The Morgan fingerprint density at radius 2 is 2.06 bits per heavy atom. The SMILES string of the molecule is CN(C)C(=O)Nc1cccc(/C=C/C(=O)O)c1. The molecule has 5 heteroatoms. The molecule has 0 atom stereocenters. The minimum absolute atomic E-state index is 0.232. The number of nitrogens with one attached hydrogen (secondary N) is 1. The van der Waals surface area contributed by atoms with E-state index in [0.717, 1.165) is 6.08 Å². The molecule has 0 aliphatic heterocycles. The van der Waals surface area contributed by atoms with Crippen LogP contribution in [0.4, 0.5) is 10.5 Å². The molecule has 0 aromatic heterocycles. The van der Waals surface area contributed by atoms with Gasteiger partial charge < -0.3 is 15.3 Å². The summed E-state index contributed by atoms with van der Waals surface area (Å²) in [6.07, 6.45) is 2.51. The van der Waals surface area contributed by atoms with E-state index in [1.807, 2.05) is 0 Å². The molecule has 5 nitrogen and oxygen atoms in total. The number of carboxylic acids is 1. The highest BCUT2D eigenvalue weighted by Crippen LogP contribution is 2.12. The van der Waals surface area contributed by atoms with Gasteiger partial charge >= 0.3 is 12.0 Å². The molecule has 0 bridgehead atoms. The minimum atomic E-state index is -1.01. The second-order valence-corrected chi connectivity index (χ2v) is 3.62. The molecule has 2 amide bonds. The van der Waals surface area contributed by atoms with Crippen LogP contribution in [0, 0.1) is 0 Å². The predicted octanol–water partition coefficient (Wildman–Crippen LogP) is 1.88. The summed E-state index contributed by atoms with van der Waals surface area (Å²) < 4.78 is 0. The first-order valence-electron chi connectivity index (χ1n) is 4.98. The fourth-order valence-corrected chi connectivity index (χ4v) is 1.12. The number of nitrogens with zero attached hydrogens (tertiary/aromatic N) is 1. The number of carbonyl (C=O) groups is 2. The number of rotatable bonds is 3. The lowest BCUT2D eigenvalue weighted by atomic mass is 10.2. The maximum Gasteiger partial charge on any atom is 0.328 e. The number of anilines is 1. The Morgan fingerprint density at radius 3 is 2.65 bits per heavy atom. The topological polar surface area (TPSA) is 69.6 Å². The summed E-state index contributed by atoms with van der Waals surface area (Å²) in [6.45, 7) is 0. The Bertz CT molecular complexity index is 453. The molecule has 1 aromatic carbocycles. The molecule has 1 aromatic rings. The Kier molecular flexibility index (Phi) is 4.28. The van der Waals surface area contributed by atoms with Crippen molar-refractivity contribution >= 4 is 23.8 Å². The third-order valence-electron chi connectivity index (χ3n) is 1.96. The maximum atomic E-state index is 11.4. The van der Waals surface area contributed by atoms with Crippen LogP contribution < -0.4 is 5.32 Å². The second-order valence-electron chi connectivity index (χ2n) is 3.62. The summed E-state index contributed by atoms with van der Waals surface area (Å²) in [6, 6.07) is 6.70. The molecule has 1 rings (SSSR count). The van der Waals surface area contributed by atoms with E-state index in [0.29, 0.717) is 11.3 Å². The van der Waals surface area contributed by atoms with Gasteiger partial charge in [-0.05, 0) is 23.8 Å². The number of carbonyl (C=O) groups excluding carboxylic acids is 1. The van der Waals surface area contributed by atoms with Gasteiger partial charge in [0.25, 0.3) is 0 Å². The van der Waals surface area contributed by atoms with Crippen molar-refractivity contribution < 1.29 is 14.7 Å². The summed E-state index contributed by atoms with van der Waals surface area (Å²) in [7, 11) is 3.28. The van der Waals surface area contributed by atoms with Gasteiger partial charge in [0.2, 0.25) is 0 Å². The molecule has 0 unspecified atom stereocenters. The number of benzene rings is 1. The molecular weight excluding hydrogens is 220 g/mol. The van der Waals surface area contributed by atoms with E-state index in [9.17, 15) is 9.59 Å². The molecule has 0 saturated heterocycles. The lowest BCUT2D eigenvalue weighted by Crippen LogP contribution is -2.27. The third kappa shape index (κ3) is 4.38. The van der Waals surface area contributed by atoms with Gasteiger partial charge in [-0.2, -0.15) is 0 Å². The molecule has 0 heterocycles. The minimum Gasteiger partial charge on any atom is -0.478 e. The van der Waals surface area contributed by atoms with Gasteiger partial charge in [0.05, 0.1) is 0 Å². The zero-order chi connectivity index (χ0) is 12.8. The van der Waals surface area contributed by atoms with Crippen molar-refractivity contribution in [3.8, 4) is 0 Å². The lowest BCUT2D eigenvalue weighted by molar-refractivity contribution is -0.131. The highest BCUT2D eigenvalue weighted by atomic mass is 16.4. The van der Waals surface area contributed by atoms with Crippen molar-refractivity contribution in [1.82, 2.24) is 4.90 Å². The van der Waals surface area contributed by atoms with Gasteiger partial charge in [0, 0.05) is 25.9 Å². The van der Waals surface area contributed by atoms with Gasteiger partial charge in [-0.25, -0.2) is 9.59 Å². The monoisotopic (exact) mass is 234 g/mol. The van der Waals surface area contributed by atoms with Crippen LogP contribution in [-0.2, 0) is 4.79 Å². The van der Waals surface area contributed by atoms with Crippen molar-refractivity contribution in [3.63, 3.8) is 0 Å². The van der Waals surface area contributed by atoms with Gasteiger partial charge in [-0.1, -0.05) is 12.1 Å². The van der Waals surface area contributed by atoms with Crippen LogP contribution >= 0.6 is 0 Å². The number of hydrogen-bond acceptors (Lipinski definition) is 2. The van der Waals surface area contributed by atoms with Crippen LogP contribution in [0.1, 0.15) is 5.56 Å². The van der Waals surface area contributed by atoms with E-state index in [1.165, 1.54) is 11.0 Å². The molecule has 0 spiro atoms. The van der Waals surface area contributed by atoms with Crippen LogP contribution in [0.15, 0.2) is 30.3 Å². The van der Waals surface area contributed by atoms with Crippen LogP contribution in [0.3, 0.4) is 0 Å². The van der Waals surface area contributed by atoms with E-state index < -0.39 is 5.97 Å². The van der Waals surface area contributed by atoms with E-state index in [2.05, 4.69) is 5.32 Å². The average Bonchev–Trinajstić information content (AvgIpc) is 2.26. The molecular formula is C12H14N2O3. The van der Waals surface area contributed by atoms with Gasteiger partial charge in [0.1, 0.15) is 0 Å². The van der Waals surface area contributed by atoms with Crippen molar-refractivity contribution in [2.45, 2.75) is 0 Å². The van der Waals surface area contributed by atoms with Crippen LogP contribution in [0.25, 0.3) is 6.08 Å². The Balaban J connectivity index is 2.79. The largest absolute Gasteiger partial charge is 0.478 e. The second kappa shape index (κ2) is 5.69. The Hall–Kier alpha value is -2.30. The average molecular weight is 234 g/mol. The van der Waals surface area contributed by atoms with Crippen LogP contribution in [0.5, 0.6) is 0 Å². The number of hydrogen-bond donors (Lipinski definition) is 2. The standard InChI is InChI=1S/C12H14N2O3/c1-14(2)12(17)13-10-5-3-4-9(8-10)6-7-11(15)16/h3-8H,1-2H3,(H,13,17)(H,15,16)/b7-6+. The lowest BCUT2D eigenvalue weighted by Gasteiger charge is -2.12. The Morgan fingerprint density at radius 1 is 1.35 bits per heavy atom. The van der Waals surface area contributed by atoms with Crippen molar-refractivity contribution in [3.05, 3.63) is 35.9 Å². The van der Waals surface area contributed by atoms with Gasteiger partial charge in [-0.15, -0.1) is 0 Å². The molecule has 0 fully saturated rings. The number of urea groups is 1. The quantitative estimate of drug-likeness (QED) is 0.784. The molecule has 0 radical (unpaired) electrons. The molecule has 0 saturated carbocycles. The van der Waals surface area contributed by atoms with Crippen LogP contribution in [0.2, 0.25) is 0 Å². The number of carboxylic acid groups (broad SMARTS) is 1. The highest BCUT2D eigenvalue weighted by molar-refractivity contribution is 5.90. The molecule has 17 heavy (non-hydrogen) atoms. The van der Waals surface area contributed by atoms with E-state index in [-0.39, 0.29) is 6.03 Å². The summed E-state index contributed by atoms with van der Waals surface area (Å²) in [5, 5.41) is 11.2. The van der Waals surface area contributed by atoms with Crippen LogP contribution in [-0.4, -0.2) is 36.1 Å². The first kappa shape index (κ1) is 12.8. The summed E-state index contributed by atoms with van der Waals surface area (Å²) >= 11 is 0. The fraction of sp³-hybridized carbons (Fsp3) is 0.167. The normalized spacial score (nSPS) is 10.2. The Labute approximate surface area is 99.4 Å². The third-order valence-corrected chi connectivity index (χ3v) is 1.96. The molecule has 2 N–H and O–H groups in total. The fourth-order valence-electron chi connectivity index (χ4n) is 1.12. The predicted molar refractivity (Wildman–Crippen MR) is 65.8 cm³/mol. The van der Waals surface area contributed by atoms with Crippen molar-refractivity contribution in [2.24, 2.45) is 0 Å². The number of amides is 2. The summed E-state index contributed by atoms with van der Waals surface area (Å²) in [5.41, 5.74) is 1.33. The van der Waals surface area contributed by atoms with E-state index in [4.69, 9.17) is 5.11 Å². The smallest absolute Gasteiger partial charge is 0.328 e. The van der Waals surface area contributed by atoms with Gasteiger partial charge in [0.15, 0.2) is 0 Å². The molecule has 0 aliphatic carbocycles. The maximum absolute atomic E-state index is 11.4. The zero-order valence-electron chi connectivity index (χ0n) is 9.68. The number of aliphatic carboxylic acids is 1. The molecule has 90 valence electrons. The first-order valence-corrected chi connectivity index (χ1v) is 4.98. The summed E-state index contributed by atoms with van der Waals surface area (Å²) in [4.78, 5) is 23.2. The van der Waals surface area contributed by atoms with Gasteiger partial charge in [-0.3, -0.25) is 0 Å². The van der Waals surface area contributed by atoms with Crippen molar-refractivity contribution in [1.29, 1.82) is 0 Å². The summed E-state index contributed by atoms with van der Waals surface area (Å²) in [5.74, 6) is -1.01. The first-order chi connectivity index (χ1) is 7.99. The van der Waals surface area contributed by atoms with Crippen molar-refractivity contribution in [2.75, 3.05) is 19.4 Å². The van der Waals surface area contributed by atoms with E-state index in [1.54, 1.807) is 38.4 Å². The van der Waals surface area contributed by atoms with E-state index >= 15 is 0 Å². The zero-order valence-corrected chi connectivity index (χ0v) is 9.68. The highest BCUT2D eigenvalue weighted by Gasteiger charge is 2.03. The molecule has 0 aliphatic rings.